The molecule has 3 rings (SSSR count). The van der Waals surface area contributed by atoms with Crippen molar-refractivity contribution in [2.75, 3.05) is 32.8 Å². The molecule has 0 aliphatic carbocycles. The Balaban J connectivity index is 1.47. The van der Waals surface area contributed by atoms with Crippen LogP contribution < -0.4 is 10.6 Å². The number of nitrogens with one attached hydrogen (secondary N) is 2. The van der Waals surface area contributed by atoms with E-state index >= 15 is 0 Å². The number of sulfonamides is 1. The molecular weight excluding hydrogens is 418 g/mol. The van der Waals surface area contributed by atoms with Crippen molar-refractivity contribution in [3.63, 3.8) is 0 Å². The zero-order valence-corrected chi connectivity index (χ0v) is 18.2. The fourth-order valence-corrected chi connectivity index (χ4v) is 4.66. The predicted octanol–water partition coefficient (Wildman–Crippen LogP) is 1.24. The Hall–Kier alpha value is -2.75. The number of ether oxygens (including phenoxy) is 1. The van der Waals surface area contributed by atoms with Gasteiger partial charge in [0, 0.05) is 19.6 Å². The number of benzene rings is 2. The van der Waals surface area contributed by atoms with Gasteiger partial charge in [0.25, 0.3) is 0 Å². The van der Waals surface area contributed by atoms with Crippen molar-refractivity contribution >= 4 is 21.8 Å². The van der Waals surface area contributed by atoms with E-state index in [1.807, 2.05) is 37.3 Å². The molecule has 8 nitrogen and oxygen atoms in total. The van der Waals surface area contributed by atoms with Crippen molar-refractivity contribution in [3.8, 4) is 0 Å². The van der Waals surface area contributed by atoms with Crippen LogP contribution in [0.2, 0.25) is 0 Å². The third kappa shape index (κ3) is 6.13. The molecule has 0 unspecified atom stereocenters. The quantitative estimate of drug-likeness (QED) is 0.624. The minimum atomic E-state index is -3.53. The van der Waals surface area contributed by atoms with Gasteiger partial charge in [0.2, 0.25) is 10.0 Å². The van der Waals surface area contributed by atoms with Crippen molar-refractivity contribution < 1.29 is 22.7 Å². The molecular formula is C22H27N3O5S. The largest absolute Gasteiger partial charge is 0.379 e. The Labute approximate surface area is 182 Å². The summed E-state index contributed by atoms with van der Waals surface area (Å²) in [5.41, 5.74) is 1.77. The predicted molar refractivity (Wildman–Crippen MR) is 116 cm³/mol. The lowest BCUT2D eigenvalue weighted by atomic mass is 10.1. The highest BCUT2D eigenvalue weighted by molar-refractivity contribution is 7.89. The van der Waals surface area contributed by atoms with Gasteiger partial charge in [-0.15, -0.1) is 0 Å². The molecule has 0 bridgehead atoms. The molecule has 1 aliphatic rings. The average Bonchev–Trinajstić information content (AvgIpc) is 2.80. The zero-order valence-electron chi connectivity index (χ0n) is 17.4. The molecule has 1 saturated heterocycles. The van der Waals surface area contributed by atoms with Crippen LogP contribution in [-0.4, -0.2) is 57.4 Å². The van der Waals surface area contributed by atoms with Crippen LogP contribution in [0.1, 0.15) is 24.1 Å². The summed E-state index contributed by atoms with van der Waals surface area (Å²) < 4.78 is 31.9. The van der Waals surface area contributed by atoms with Crippen LogP contribution in [-0.2, 0) is 30.8 Å². The first-order valence-corrected chi connectivity index (χ1v) is 11.6. The highest BCUT2D eigenvalue weighted by atomic mass is 32.2. The Kier molecular flexibility index (Phi) is 7.78. The second-order valence-corrected chi connectivity index (χ2v) is 9.21. The topological polar surface area (TPSA) is 105 Å². The van der Waals surface area contributed by atoms with Crippen LogP contribution in [0, 0.1) is 0 Å². The summed E-state index contributed by atoms with van der Waals surface area (Å²) >= 11 is 0. The summed E-state index contributed by atoms with van der Waals surface area (Å²) in [7, 11) is -3.53. The van der Waals surface area contributed by atoms with E-state index in [0.29, 0.717) is 32.7 Å². The van der Waals surface area contributed by atoms with E-state index in [1.165, 1.54) is 4.31 Å². The van der Waals surface area contributed by atoms with Gasteiger partial charge in [-0.2, -0.15) is 4.31 Å². The maximum absolute atomic E-state index is 12.6. The molecule has 2 aromatic rings. The molecule has 2 N–H and O–H groups in total. The van der Waals surface area contributed by atoms with E-state index in [0.717, 1.165) is 11.1 Å². The van der Waals surface area contributed by atoms with Crippen LogP contribution in [0.15, 0.2) is 59.5 Å². The molecule has 166 valence electrons. The Morgan fingerprint density at radius 2 is 1.65 bits per heavy atom. The van der Waals surface area contributed by atoms with Crippen LogP contribution >= 0.6 is 0 Å². The first-order chi connectivity index (χ1) is 14.9. The van der Waals surface area contributed by atoms with Gasteiger partial charge in [-0.1, -0.05) is 42.5 Å². The van der Waals surface area contributed by atoms with Gasteiger partial charge in [-0.05, 0) is 36.6 Å². The number of morpholine rings is 1. The average molecular weight is 446 g/mol. The first-order valence-electron chi connectivity index (χ1n) is 10.2. The van der Waals surface area contributed by atoms with Gasteiger partial charge < -0.3 is 15.4 Å². The molecule has 1 fully saturated rings. The van der Waals surface area contributed by atoms with E-state index in [-0.39, 0.29) is 17.5 Å². The van der Waals surface area contributed by atoms with E-state index in [4.69, 9.17) is 4.74 Å². The molecule has 1 heterocycles. The molecule has 0 spiro atoms. The molecule has 2 amide bonds. The molecule has 31 heavy (non-hydrogen) atoms. The van der Waals surface area contributed by atoms with Crippen molar-refractivity contribution in [3.05, 3.63) is 65.7 Å². The normalized spacial score (nSPS) is 15.8. The number of carbonyl (C=O) groups excluding carboxylic acids is 2. The summed E-state index contributed by atoms with van der Waals surface area (Å²) in [4.78, 5) is 24.3. The van der Waals surface area contributed by atoms with Crippen LogP contribution in [0.5, 0.6) is 0 Å². The maximum atomic E-state index is 12.6. The second-order valence-electron chi connectivity index (χ2n) is 7.27. The van der Waals surface area contributed by atoms with Crippen LogP contribution in [0.25, 0.3) is 0 Å². The first kappa shape index (κ1) is 22.9. The molecule has 0 radical (unpaired) electrons. The Morgan fingerprint density at radius 3 is 2.29 bits per heavy atom. The molecule has 0 saturated carbocycles. The van der Waals surface area contributed by atoms with Gasteiger partial charge in [0.15, 0.2) is 0 Å². The summed E-state index contributed by atoms with van der Waals surface area (Å²) in [6, 6.07) is 15.7. The van der Waals surface area contributed by atoms with Crippen LogP contribution in [0.3, 0.4) is 0 Å². The minimum absolute atomic E-state index is 0.233. The lowest BCUT2D eigenvalue weighted by Crippen LogP contribution is -2.41. The summed E-state index contributed by atoms with van der Waals surface area (Å²) in [6.45, 7) is 3.57. The molecule has 2 aromatic carbocycles. The number of carbonyl (C=O) groups is 2. The number of nitrogens with zero attached hydrogens (tertiary/aromatic N) is 1. The number of hydrogen-bond acceptors (Lipinski definition) is 5. The van der Waals surface area contributed by atoms with Crippen molar-refractivity contribution in [2.45, 2.75) is 24.3 Å². The molecule has 9 heteroatoms. The van der Waals surface area contributed by atoms with Gasteiger partial charge in [-0.25, -0.2) is 8.42 Å². The van der Waals surface area contributed by atoms with Crippen molar-refractivity contribution in [2.24, 2.45) is 0 Å². The summed E-state index contributed by atoms with van der Waals surface area (Å²) in [6.07, 6.45) is 0.477. The van der Waals surface area contributed by atoms with Gasteiger partial charge in [0.05, 0.1) is 24.2 Å². The fourth-order valence-electron chi connectivity index (χ4n) is 3.25. The summed E-state index contributed by atoms with van der Waals surface area (Å²) in [5.74, 6) is -1.39. The van der Waals surface area contributed by atoms with E-state index in [1.54, 1.807) is 24.3 Å². The Bertz CT molecular complexity index is 988. The molecule has 1 atom stereocenters. The smallest absolute Gasteiger partial charge is 0.309 e. The lowest BCUT2D eigenvalue weighted by Gasteiger charge is -2.26. The van der Waals surface area contributed by atoms with Gasteiger partial charge in [0.1, 0.15) is 0 Å². The van der Waals surface area contributed by atoms with E-state index in [2.05, 4.69) is 10.6 Å². The highest BCUT2D eigenvalue weighted by Gasteiger charge is 2.26. The molecule has 1 aliphatic heterocycles. The fraction of sp³-hybridized carbons (Fsp3) is 0.364. The second kappa shape index (κ2) is 10.5. The lowest BCUT2D eigenvalue weighted by molar-refractivity contribution is -0.139. The van der Waals surface area contributed by atoms with E-state index < -0.39 is 21.8 Å². The highest BCUT2D eigenvalue weighted by Crippen LogP contribution is 2.18. The Morgan fingerprint density at radius 1 is 1.00 bits per heavy atom. The van der Waals surface area contributed by atoms with Gasteiger partial charge in [-0.3, -0.25) is 9.59 Å². The van der Waals surface area contributed by atoms with Crippen LogP contribution in [0.4, 0.5) is 0 Å². The maximum Gasteiger partial charge on any atom is 0.309 e. The number of rotatable bonds is 7. The van der Waals surface area contributed by atoms with Crippen molar-refractivity contribution in [1.29, 1.82) is 0 Å². The standard InChI is InChI=1S/C22H27N3O5S/c1-17(19-5-3-2-4-6-19)24-22(27)21(26)23-12-11-18-7-9-20(10-8-18)31(28,29)25-13-15-30-16-14-25/h2-10,17H,11-16H2,1H3,(H,23,26)(H,24,27)/t17-/m0/s1. The number of amides is 2. The minimum Gasteiger partial charge on any atom is -0.379 e. The third-order valence-electron chi connectivity index (χ3n) is 5.08. The van der Waals surface area contributed by atoms with Gasteiger partial charge >= 0.3 is 11.8 Å². The monoisotopic (exact) mass is 445 g/mol. The van der Waals surface area contributed by atoms with E-state index in [9.17, 15) is 18.0 Å². The third-order valence-corrected chi connectivity index (χ3v) is 7.00. The SMILES string of the molecule is C[C@H](NC(=O)C(=O)NCCc1ccc(S(=O)(=O)N2CCOCC2)cc1)c1ccccc1. The zero-order chi connectivity index (χ0) is 22.3. The summed E-state index contributed by atoms with van der Waals surface area (Å²) in [5, 5.41) is 5.26. The molecule has 0 aromatic heterocycles. The number of hydrogen-bond donors (Lipinski definition) is 2. The van der Waals surface area contributed by atoms with Crippen molar-refractivity contribution in [1.82, 2.24) is 14.9 Å².